The largest absolute Gasteiger partial charge is 0.355 e. The van der Waals surface area contributed by atoms with Gasteiger partial charge in [-0.1, -0.05) is 0 Å². The second kappa shape index (κ2) is 5.14. The Bertz CT molecular complexity index is 730. The third-order valence-electron chi connectivity index (χ3n) is 4.60. The number of hydrogen-bond acceptors (Lipinski definition) is 4. The van der Waals surface area contributed by atoms with E-state index < -0.39 is 5.92 Å². The minimum atomic E-state index is -2.62. The first-order valence-electron chi connectivity index (χ1n) is 7.74. The number of alkyl halides is 2. The van der Waals surface area contributed by atoms with E-state index >= 15 is 0 Å². The van der Waals surface area contributed by atoms with Gasteiger partial charge in [-0.25, -0.2) is 18.3 Å². The molecule has 0 unspecified atom stereocenters. The van der Waals surface area contributed by atoms with Crippen LogP contribution in [-0.2, 0) is 4.79 Å². The standard InChI is InChI=1S/C15H17F2N5O/c16-15(17)3-7-20(8-4-15)14(23)11-9-21(10-11)12-2-6-22-13(19-12)1-5-18-22/h1-2,5-6,11H,3-4,7-10H2. The second-order valence-electron chi connectivity index (χ2n) is 6.20. The van der Waals surface area contributed by atoms with Crippen molar-refractivity contribution in [1.82, 2.24) is 19.5 Å². The quantitative estimate of drug-likeness (QED) is 0.839. The van der Waals surface area contributed by atoms with E-state index in [9.17, 15) is 13.6 Å². The number of nitrogens with zero attached hydrogens (tertiary/aromatic N) is 5. The summed E-state index contributed by atoms with van der Waals surface area (Å²) in [5.41, 5.74) is 0.760. The van der Waals surface area contributed by atoms with Crippen LogP contribution in [0, 0.1) is 5.92 Å². The molecule has 0 spiro atoms. The Labute approximate surface area is 131 Å². The highest BCUT2D eigenvalue weighted by Crippen LogP contribution is 2.30. The number of rotatable bonds is 2. The average molecular weight is 321 g/mol. The normalized spacial score (nSPS) is 21.5. The molecule has 2 aromatic heterocycles. The summed E-state index contributed by atoms with van der Waals surface area (Å²) in [6, 6.07) is 3.68. The van der Waals surface area contributed by atoms with E-state index in [0.717, 1.165) is 11.5 Å². The van der Waals surface area contributed by atoms with Gasteiger partial charge in [0.2, 0.25) is 5.91 Å². The molecular formula is C15H17F2N5O. The summed E-state index contributed by atoms with van der Waals surface area (Å²) < 4.78 is 28.0. The minimum absolute atomic E-state index is 0.0119. The number of hydrogen-bond donors (Lipinski definition) is 0. The van der Waals surface area contributed by atoms with Gasteiger partial charge in [0.15, 0.2) is 5.65 Å². The summed E-state index contributed by atoms with van der Waals surface area (Å²) in [5, 5.41) is 4.09. The van der Waals surface area contributed by atoms with Crippen molar-refractivity contribution in [2.75, 3.05) is 31.1 Å². The SMILES string of the molecule is O=C(C1CN(c2ccn3nccc3n2)C1)N1CCC(F)(F)CC1. The summed E-state index contributed by atoms with van der Waals surface area (Å²) >= 11 is 0. The topological polar surface area (TPSA) is 53.7 Å². The fourth-order valence-electron chi connectivity index (χ4n) is 3.11. The molecule has 0 aliphatic carbocycles. The van der Waals surface area contributed by atoms with Gasteiger partial charge in [0, 0.05) is 51.3 Å². The van der Waals surface area contributed by atoms with Gasteiger partial charge in [-0.2, -0.15) is 5.10 Å². The lowest BCUT2D eigenvalue weighted by Crippen LogP contribution is -2.56. The van der Waals surface area contributed by atoms with Crippen LogP contribution < -0.4 is 4.90 Å². The lowest BCUT2D eigenvalue weighted by atomic mass is 9.96. The maximum atomic E-state index is 13.2. The van der Waals surface area contributed by atoms with Crippen molar-refractivity contribution in [1.29, 1.82) is 0 Å². The van der Waals surface area contributed by atoms with Gasteiger partial charge in [-0.3, -0.25) is 4.79 Å². The maximum absolute atomic E-state index is 13.2. The molecule has 2 aliphatic rings. The van der Waals surface area contributed by atoms with Crippen molar-refractivity contribution < 1.29 is 13.6 Å². The van der Waals surface area contributed by atoms with Crippen LogP contribution in [0.2, 0.25) is 0 Å². The fourth-order valence-corrected chi connectivity index (χ4v) is 3.11. The predicted octanol–water partition coefficient (Wildman–Crippen LogP) is 1.42. The highest BCUT2D eigenvalue weighted by atomic mass is 19.3. The van der Waals surface area contributed by atoms with Gasteiger partial charge in [0.1, 0.15) is 5.82 Å². The van der Waals surface area contributed by atoms with Crippen LogP contribution in [0.1, 0.15) is 12.8 Å². The molecule has 2 aliphatic heterocycles. The summed E-state index contributed by atoms with van der Waals surface area (Å²) in [6.45, 7) is 1.48. The predicted molar refractivity (Wildman–Crippen MR) is 79.5 cm³/mol. The van der Waals surface area contributed by atoms with Gasteiger partial charge in [-0.05, 0) is 6.07 Å². The molecule has 0 bridgehead atoms. The molecule has 0 radical (unpaired) electrons. The van der Waals surface area contributed by atoms with E-state index in [4.69, 9.17) is 0 Å². The van der Waals surface area contributed by atoms with Crippen LogP contribution in [-0.4, -0.2) is 57.5 Å². The van der Waals surface area contributed by atoms with Crippen LogP contribution in [0.5, 0.6) is 0 Å². The minimum Gasteiger partial charge on any atom is -0.355 e. The van der Waals surface area contributed by atoms with Gasteiger partial charge < -0.3 is 9.80 Å². The Kier molecular flexibility index (Phi) is 3.21. The Morgan fingerprint density at radius 2 is 1.96 bits per heavy atom. The molecule has 4 rings (SSSR count). The highest BCUT2D eigenvalue weighted by Gasteiger charge is 2.40. The Morgan fingerprint density at radius 3 is 2.70 bits per heavy atom. The molecule has 2 aromatic rings. The van der Waals surface area contributed by atoms with Gasteiger partial charge in [0.05, 0.1) is 12.1 Å². The molecule has 0 atom stereocenters. The zero-order valence-corrected chi connectivity index (χ0v) is 12.5. The summed E-state index contributed by atoms with van der Waals surface area (Å²) in [5.74, 6) is -1.94. The van der Waals surface area contributed by atoms with Gasteiger partial charge in [0.25, 0.3) is 5.92 Å². The number of aromatic nitrogens is 3. The van der Waals surface area contributed by atoms with E-state index in [1.807, 2.05) is 23.2 Å². The molecule has 6 nitrogen and oxygen atoms in total. The zero-order chi connectivity index (χ0) is 16.0. The molecule has 2 fully saturated rings. The average Bonchev–Trinajstić information content (AvgIpc) is 2.93. The van der Waals surface area contributed by atoms with Gasteiger partial charge in [-0.15, -0.1) is 0 Å². The number of anilines is 1. The molecule has 122 valence electrons. The molecule has 2 saturated heterocycles. The Morgan fingerprint density at radius 1 is 1.22 bits per heavy atom. The molecule has 8 heteroatoms. The van der Waals surface area contributed by atoms with E-state index in [1.165, 1.54) is 0 Å². The third-order valence-corrected chi connectivity index (χ3v) is 4.60. The highest BCUT2D eigenvalue weighted by molar-refractivity contribution is 5.82. The monoisotopic (exact) mass is 321 g/mol. The number of amides is 1. The zero-order valence-electron chi connectivity index (χ0n) is 12.5. The molecule has 1 amide bonds. The van der Waals surface area contributed by atoms with E-state index in [1.54, 1.807) is 15.6 Å². The van der Waals surface area contributed by atoms with Crippen molar-refractivity contribution in [3.8, 4) is 0 Å². The first-order chi connectivity index (χ1) is 11.0. The molecule has 23 heavy (non-hydrogen) atoms. The number of carbonyl (C=O) groups is 1. The number of likely N-dealkylation sites (tertiary alicyclic amines) is 1. The van der Waals surface area contributed by atoms with Crippen molar-refractivity contribution in [2.45, 2.75) is 18.8 Å². The van der Waals surface area contributed by atoms with Gasteiger partial charge >= 0.3 is 0 Å². The smallest absolute Gasteiger partial charge is 0.251 e. The van der Waals surface area contributed by atoms with Crippen molar-refractivity contribution >= 4 is 17.4 Å². The molecule has 0 N–H and O–H groups in total. The fraction of sp³-hybridized carbons (Fsp3) is 0.533. The van der Waals surface area contributed by atoms with Crippen LogP contribution >= 0.6 is 0 Å². The summed E-state index contributed by atoms with van der Waals surface area (Å²) in [6.07, 6.45) is 3.06. The van der Waals surface area contributed by atoms with Crippen LogP contribution in [0.25, 0.3) is 5.65 Å². The Hall–Kier alpha value is -2.25. The van der Waals surface area contributed by atoms with Crippen molar-refractivity contribution in [2.24, 2.45) is 5.92 Å². The first kappa shape index (κ1) is 14.3. The second-order valence-corrected chi connectivity index (χ2v) is 6.20. The summed E-state index contributed by atoms with van der Waals surface area (Å²) in [4.78, 5) is 20.4. The van der Waals surface area contributed by atoms with Crippen LogP contribution in [0.4, 0.5) is 14.6 Å². The first-order valence-corrected chi connectivity index (χ1v) is 7.74. The van der Waals surface area contributed by atoms with Crippen LogP contribution in [0.3, 0.4) is 0 Å². The number of halogens is 2. The lowest BCUT2D eigenvalue weighted by Gasteiger charge is -2.42. The number of carbonyl (C=O) groups excluding carboxylic acids is 1. The van der Waals surface area contributed by atoms with Crippen LogP contribution in [0.15, 0.2) is 24.5 Å². The number of fused-ring (bicyclic) bond motifs is 1. The van der Waals surface area contributed by atoms with E-state index in [2.05, 4.69) is 10.1 Å². The van der Waals surface area contributed by atoms with E-state index in [0.29, 0.717) is 13.1 Å². The third kappa shape index (κ3) is 2.62. The lowest BCUT2D eigenvalue weighted by molar-refractivity contribution is -0.142. The summed E-state index contributed by atoms with van der Waals surface area (Å²) in [7, 11) is 0. The molecule has 0 saturated carbocycles. The van der Waals surface area contributed by atoms with E-state index in [-0.39, 0.29) is 37.8 Å². The van der Waals surface area contributed by atoms with Crippen molar-refractivity contribution in [3.63, 3.8) is 0 Å². The van der Waals surface area contributed by atoms with Crippen molar-refractivity contribution in [3.05, 3.63) is 24.5 Å². The molecular weight excluding hydrogens is 304 g/mol. The maximum Gasteiger partial charge on any atom is 0.251 e. The molecule has 0 aromatic carbocycles. The number of piperidine rings is 1. The molecule has 4 heterocycles. The Balaban J connectivity index is 1.36.